The summed E-state index contributed by atoms with van der Waals surface area (Å²) in [7, 11) is -2.01. The van der Waals surface area contributed by atoms with Gasteiger partial charge in [-0.25, -0.2) is 9.97 Å². The van der Waals surface area contributed by atoms with Crippen molar-refractivity contribution in [3.63, 3.8) is 0 Å². The van der Waals surface area contributed by atoms with Crippen LogP contribution in [0, 0.1) is 25.7 Å². The van der Waals surface area contributed by atoms with Crippen molar-refractivity contribution in [1.82, 2.24) is 20.1 Å². The summed E-state index contributed by atoms with van der Waals surface area (Å²) in [5.74, 6) is 2.92. The Hall–Kier alpha value is -3.56. The minimum absolute atomic E-state index is 0.00806. The van der Waals surface area contributed by atoms with E-state index in [9.17, 15) is 0 Å². The standard InChI is InChI=1S/C35H46N5O3Si/c1-23-32(24(2)42-39-23)29-18-31(40-20-26-14-12-16-36-30(26)21-40)38-33(37-29)25-13-11-15-27(17-25)41-22-28(19-34(3,4)5)43-44(9,10)35(6,7)8/h11-19,28H,20-22H2,1-10H3/t28-/m1/s1. The molecule has 0 spiro atoms. The van der Waals surface area contributed by atoms with Crippen LogP contribution in [0.2, 0.25) is 18.1 Å². The number of fused-ring (bicyclic) bond motifs is 1. The molecule has 1 aromatic carbocycles. The van der Waals surface area contributed by atoms with E-state index in [1.54, 1.807) is 0 Å². The van der Waals surface area contributed by atoms with E-state index >= 15 is 0 Å². The predicted octanol–water partition coefficient (Wildman–Crippen LogP) is 8.35. The molecule has 0 amide bonds. The van der Waals surface area contributed by atoms with Gasteiger partial charge in [-0.05, 0) is 67.6 Å². The number of benzene rings is 1. The van der Waals surface area contributed by atoms with E-state index in [1.165, 1.54) is 5.56 Å². The van der Waals surface area contributed by atoms with E-state index in [-0.39, 0.29) is 16.6 Å². The van der Waals surface area contributed by atoms with Gasteiger partial charge in [0.05, 0.1) is 35.3 Å². The summed E-state index contributed by atoms with van der Waals surface area (Å²) in [5.41, 5.74) is 5.61. The molecule has 8 nitrogen and oxygen atoms in total. The molecular formula is C35H46N5O3Si. The molecule has 233 valence electrons. The van der Waals surface area contributed by atoms with Crippen molar-refractivity contribution in [3.8, 4) is 28.4 Å². The number of hydrogen-bond acceptors (Lipinski definition) is 8. The quantitative estimate of drug-likeness (QED) is 0.174. The first kappa shape index (κ1) is 31.8. The summed E-state index contributed by atoms with van der Waals surface area (Å²) in [6.45, 7) is 23.7. The maximum atomic E-state index is 6.80. The monoisotopic (exact) mass is 612 g/mol. The van der Waals surface area contributed by atoms with Gasteiger partial charge in [0.2, 0.25) is 0 Å². The maximum absolute atomic E-state index is 6.80. The molecule has 44 heavy (non-hydrogen) atoms. The summed E-state index contributed by atoms with van der Waals surface area (Å²) in [6, 6.07) is 14.1. The SMILES string of the molecule is Cc1noc(C)c1-c1cc(N2Cc3cccnc3C2)nc(-c2cccc(OC[C@@H]([CH]C(C)(C)C)O[Si](C)(C)C(C)(C)C)c2)n1. The highest BCUT2D eigenvalue weighted by atomic mass is 28.4. The minimum atomic E-state index is -2.01. The Morgan fingerprint density at radius 3 is 2.43 bits per heavy atom. The molecule has 0 aliphatic carbocycles. The predicted molar refractivity (Wildman–Crippen MR) is 178 cm³/mol. The van der Waals surface area contributed by atoms with Gasteiger partial charge < -0.3 is 18.6 Å². The molecule has 1 aliphatic rings. The highest BCUT2D eigenvalue weighted by Crippen LogP contribution is 2.39. The largest absolute Gasteiger partial charge is 0.491 e. The van der Waals surface area contributed by atoms with Gasteiger partial charge in [0.25, 0.3) is 0 Å². The molecule has 0 bridgehead atoms. The van der Waals surface area contributed by atoms with Gasteiger partial charge in [-0.1, -0.05) is 64.9 Å². The zero-order valence-electron chi connectivity index (χ0n) is 27.9. The molecule has 1 aliphatic heterocycles. The van der Waals surface area contributed by atoms with Gasteiger partial charge in [0.15, 0.2) is 14.1 Å². The summed E-state index contributed by atoms with van der Waals surface area (Å²) in [6.07, 6.45) is 3.98. The highest BCUT2D eigenvalue weighted by Gasteiger charge is 2.40. The van der Waals surface area contributed by atoms with E-state index in [1.807, 2.05) is 56.4 Å². The lowest BCUT2D eigenvalue weighted by Crippen LogP contribution is -2.46. The van der Waals surface area contributed by atoms with E-state index in [0.717, 1.165) is 52.1 Å². The second-order valence-electron chi connectivity index (χ2n) is 14.4. The Morgan fingerprint density at radius 2 is 1.77 bits per heavy atom. The Labute approximate surface area is 263 Å². The van der Waals surface area contributed by atoms with Crippen molar-refractivity contribution >= 4 is 14.1 Å². The minimum Gasteiger partial charge on any atom is -0.491 e. The number of anilines is 1. The van der Waals surface area contributed by atoms with Gasteiger partial charge in [-0.2, -0.15) is 0 Å². The number of ether oxygens (including phenoxy) is 1. The van der Waals surface area contributed by atoms with E-state index in [4.69, 9.17) is 23.7 Å². The molecule has 0 saturated carbocycles. The maximum Gasteiger partial charge on any atom is 0.192 e. The molecule has 0 saturated heterocycles. The van der Waals surface area contributed by atoms with Gasteiger partial charge in [-0.3, -0.25) is 4.98 Å². The molecule has 1 radical (unpaired) electrons. The third kappa shape index (κ3) is 7.21. The second-order valence-corrected chi connectivity index (χ2v) is 19.1. The van der Waals surface area contributed by atoms with Crippen LogP contribution in [0.4, 0.5) is 5.82 Å². The fourth-order valence-electron chi connectivity index (χ4n) is 5.20. The van der Waals surface area contributed by atoms with Crippen molar-refractivity contribution in [2.75, 3.05) is 11.5 Å². The van der Waals surface area contributed by atoms with Gasteiger partial charge in [0.1, 0.15) is 23.9 Å². The zero-order valence-corrected chi connectivity index (χ0v) is 28.9. The van der Waals surface area contributed by atoms with Crippen LogP contribution in [-0.2, 0) is 17.5 Å². The fraction of sp³-hybridized carbons (Fsp3) is 0.457. The molecule has 4 aromatic rings. The fourth-order valence-corrected chi connectivity index (χ4v) is 6.44. The van der Waals surface area contributed by atoms with Crippen LogP contribution < -0.4 is 9.64 Å². The van der Waals surface area contributed by atoms with Crippen LogP contribution in [-0.4, -0.2) is 41.1 Å². The highest BCUT2D eigenvalue weighted by molar-refractivity contribution is 6.74. The van der Waals surface area contributed by atoms with Crippen molar-refractivity contribution in [1.29, 1.82) is 0 Å². The molecule has 0 unspecified atom stereocenters. The Bertz CT molecular complexity index is 1570. The molecule has 0 fully saturated rings. The second kappa shape index (κ2) is 12.1. The molecule has 1 atom stereocenters. The van der Waals surface area contributed by atoms with Crippen molar-refractivity contribution in [2.45, 2.75) is 92.7 Å². The van der Waals surface area contributed by atoms with Crippen LogP contribution >= 0.6 is 0 Å². The average molecular weight is 613 g/mol. The third-order valence-corrected chi connectivity index (χ3v) is 13.0. The van der Waals surface area contributed by atoms with Crippen LogP contribution in [0.1, 0.15) is 64.3 Å². The lowest BCUT2D eigenvalue weighted by atomic mass is 9.89. The lowest BCUT2D eigenvalue weighted by Gasteiger charge is -2.40. The van der Waals surface area contributed by atoms with Gasteiger partial charge >= 0.3 is 0 Å². The Morgan fingerprint density at radius 1 is 1.00 bits per heavy atom. The number of nitrogens with zero attached hydrogens (tertiary/aromatic N) is 5. The Kier molecular flexibility index (Phi) is 8.75. The van der Waals surface area contributed by atoms with Gasteiger partial charge in [0, 0.05) is 24.4 Å². The van der Waals surface area contributed by atoms with Gasteiger partial charge in [-0.15, -0.1) is 0 Å². The molecule has 9 heteroatoms. The zero-order chi connectivity index (χ0) is 31.9. The van der Waals surface area contributed by atoms with Crippen LogP contribution in [0.25, 0.3) is 22.6 Å². The van der Waals surface area contributed by atoms with Crippen molar-refractivity contribution < 1.29 is 13.7 Å². The molecule has 0 N–H and O–H groups in total. The number of aryl methyl sites for hydroxylation is 2. The molecule has 4 heterocycles. The van der Waals surface area contributed by atoms with E-state index in [2.05, 4.69) is 82.2 Å². The van der Waals surface area contributed by atoms with Crippen LogP contribution in [0.5, 0.6) is 5.75 Å². The average Bonchev–Trinajstić information content (AvgIpc) is 3.52. The summed E-state index contributed by atoms with van der Waals surface area (Å²) >= 11 is 0. The van der Waals surface area contributed by atoms with Crippen molar-refractivity contribution in [2.24, 2.45) is 5.41 Å². The molecular weight excluding hydrogens is 567 g/mol. The number of rotatable bonds is 9. The normalized spacial score (nSPS) is 14.5. The topological polar surface area (TPSA) is 86.4 Å². The molecule has 3 aromatic heterocycles. The summed E-state index contributed by atoms with van der Waals surface area (Å²) < 4.78 is 18.7. The lowest BCUT2D eigenvalue weighted by molar-refractivity contribution is 0.121. The van der Waals surface area contributed by atoms with Crippen LogP contribution in [0.3, 0.4) is 0 Å². The Balaban J connectivity index is 1.45. The first-order valence-corrected chi connectivity index (χ1v) is 18.3. The molecule has 5 rings (SSSR count). The first-order chi connectivity index (χ1) is 20.6. The number of hydrogen-bond donors (Lipinski definition) is 0. The number of aromatic nitrogens is 4. The van der Waals surface area contributed by atoms with Crippen molar-refractivity contribution in [3.05, 3.63) is 77.8 Å². The smallest absolute Gasteiger partial charge is 0.192 e. The van der Waals surface area contributed by atoms with E-state index in [0.29, 0.717) is 19.0 Å². The first-order valence-electron chi connectivity index (χ1n) is 15.4. The number of pyridine rings is 1. The van der Waals surface area contributed by atoms with Crippen LogP contribution in [0.15, 0.2) is 53.2 Å². The van der Waals surface area contributed by atoms with E-state index < -0.39 is 8.32 Å². The third-order valence-electron chi connectivity index (χ3n) is 8.46. The summed E-state index contributed by atoms with van der Waals surface area (Å²) in [4.78, 5) is 16.9. The summed E-state index contributed by atoms with van der Waals surface area (Å²) in [5, 5.41) is 4.29.